The Hall–Kier alpha value is -7.63. The van der Waals surface area contributed by atoms with Crippen molar-refractivity contribution in [3.8, 4) is 35.1 Å². The number of anilines is 1. The summed E-state index contributed by atoms with van der Waals surface area (Å²) >= 11 is 1.25. The number of benzene rings is 3. The van der Waals surface area contributed by atoms with Gasteiger partial charge in [0.25, 0.3) is 0 Å². The SMILES string of the molecule is C.C.COC1=C(C)C(=O)C2=C(C1=O)C(CN)N1C(C2)[C@H]2c3c(cc(C)c(OC)c3O)C[C@@H]([C@@H]1C#N)N2C.COc1c(C)cc2c(c1O)[C@@H]1C3CC4=C(C(=O)C(C)=C(C)C4=O)[C@H](CNC(=O)C(C)N=CSNc4ccccc4)N3[C@@H](C#N)[C@H](C2)N1C. The molecule has 20 nitrogen and oxygen atoms in total. The lowest BCUT2D eigenvalue weighted by Crippen LogP contribution is -2.71. The topological polar surface area (TPSA) is 276 Å². The number of carbonyl (C=O) groups excluding carboxylic acids is 5. The highest BCUT2D eigenvalue weighted by Crippen LogP contribution is 2.56. The van der Waals surface area contributed by atoms with Crippen LogP contribution >= 0.6 is 11.9 Å². The van der Waals surface area contributed by atoms with E-state index in [1.807, 2.05) is 80.2 Å². The molecule has 11 atom stereocenters. The molecule has 0 saturated carbocycles. The summed E-state index contributed by atoms with van der Waals surface area (Å²) in [6.45, 7) is 10.5. The molecule has 4 unspecified atom stereocenters. The molecule has 0 aromatic heterocycles. The average Bonchev–Trinajstić information content (AvgIpc) is 0.871. The van der Waals surface area contributed by atoms with E-state index in [1.54, 1.807) is 33.2 Å². The van der Waals surface area contributed by atoms with Gasteiger partial charge in [0, 0.05) is 93.1 Å². The number of aliphatic imine (C=N–C) groups is 1. The number of aryl methyl sites for hydroxylation is 2. The molecule has 21 heteroatoms. The number of piperazine rings is 2. The molecule has 8 aliphatic rings. The van der Waals surface area contributed by atoms with Gasteiger partial charge in [-0.25, -0.2) is 0 Å². The molecule has 2 saturated heterocycles. The number of nitrogens with zero attached hydrogens (tertiary/aromatic N) is 7. The first kappa shape index (κ1) is 63.4. The number of phenols is 2. The van der Waals surface area contributed by atoms with Gasteiger partial charge in [-0.05, 0) is 128 Å². The summed E-state index contributed by atoms with van der Waals surface area (Å²) in [5, 5.41) is 46.9. The van der Waals surface area contributed by atoms with E-state index in [2.05, 4.69) is 37.0 Å². The number of ketones is 4. The van der Waals surface area contributed by atoms with Crippen molar-refractivity contribution < 1.29 is 48.4 Å². The van der Waals surface area contributed by atoms with Gasteiger partial charge in [-0.15, -0.1) is 0 Å². The van der Waals surface area contributed by atoms with Crippen LogP contribution < -0.4 is 25.2 Å². The number of aromatic hydroxyl groups is 2. The first-order valence-corrected chi connectivity index (χ1v) is 28.7. The first-order valence-electron chi connectivity index (χ1n) is 27.8. The zero-order valence-corrected chi connectivity index (χ0v) is 49.3. The number of Topliss-reactive ketones (excluding diaryl/α,β-unsaturated/α-hetero) is 4. The minimum Gasteiger partial charge on any atom is -0.504 e. The fourth-order valence-electron chi connectivity index (χ4n) is 14.7. The van der Waals surface area contributed by atoms with Gasteiger partial charge in [-0.2, -0.15) is 10.5 Å². The number of para-hydroxylation sites is 1. The van der Waals surface area contributed by atoms with Crippen molar-refractivity contribution in [3.63, 3.8) is 0 Å². The number of rotatable bonds is 11. The molecule has 3 aromatic carbocycles. The molecule has 85 heavy (non-hydrogen) atoms. The zero-order chi connectivity index (χ0) is 59.8. The standard InChI is InChI=1S/C36H40N6O5S.C26H30N4O5.2CH4/c1-18-12-22-13-25-27(15-37)42-26(31(41(25)5)29(22)34(45)35(18)47-6)14-24-30(33(44)20(3)19(2)32(24)43)28(42)16-38-36(46)21(4)39-17-48-40-23-10-8-7-9-11-23;1-11-6-13-7-15-17(9-27)30-16(21(29(15)3)19(13)23(32)25(11)34-4)8-14-20(18(30)10-28)24(33)26(35-5)12(2)22(14)31;;/h7-12,17,21,25-28,31,40,45H,13-14,16H2,1-6H3,(H,38,46);6,15-18,21,32H,7-8,10,28H2,1-5H3;2*1H4/t21?,25-,26?,27-,28-,31-;15-,16?,17-,18?,21-;;/m00../s1. The Morgan fingerprint density at radius 2 is 1.19 bits per heavy atom. The Balaban J connectivity index is 0.000000226. The van der Waals surface area contributed by atoms with Gasteiger partial charge in [0.05, 0.1) is 63.2 Å². The van der Waals surface area contributed by atoms with E-state index in [0.717, 1.165) is 33.5 Å². The highest BCUT2D eigenvalue weighted by molar-refractivity contribution is 8.13. The summed E-state index contributed by atoms with van der Waals surface area (Å²) in [5.41, 5.74) is 16.3. The highest BCUT2D eigenvalue weighted by Gasteiger charge is 2.60. The van der Waals surface area contributed by atoms with Gasteiger partial charge in [-0.1, -0.05) is 45.2 Å². The fraction of sp³-hybridized carbons (Fsp3) is 0.469. The number of nitrogens with two attached hydrogens (primary N) is 1. The molecule has 1 amide bonds. The van der Waals surface area contributed by atoms with Crippen molar-refractivity contribution in [2.45, 2.75) is 149 Å². The van der Waals surface area contributed by atoms with Crippen molar-refractivity contribution in [2.24, 2.45) is 10.7 Å². The summed E-state index contributed by atoms with van der Waals surface area (Å²) in [5.74, 6) is -0.370. The Labute approximate surface area is 502 Å². The largest absolute Gasteiger partial charge is 0.504 e. The van der Waals surface area contributed by atoms with E-state index in [4.69, 9.17) is 19.9 Å². The van der Waals surface area contributed by atoms with Crippen molar-refractivity contribution >= 4 is 52.2 Å². The number of likely N-dealkylation sites (N-methyl/N-ethyl adjacent to an activating group) is 2. The number of phenolic OH excluding ortho intramolecular Hbond substituents is 2. The van der Waals surface area contributed by atoms with Crippen LogP contribution in [-0.2, 0) is 41.6 Å². The van der Waals surface area contributed by atoms with E-state index in [-0.39, 0.29) is 117 Å². The van der Waals surface area contributed by atoms with Crippen LogP contribution in [0.4, 0.5) is 5.69 Å². The van der Waals surface area contributed by atoms with E-state index >= 15 is 0 Å². The molecule has 6 aliphatic heterocycles. The Bertz CT molecular complexity index is 3520. The third-order valence-corrected chi connectivity index (χ3v) is 19.2. The van der Waals surface area contributed by atoms with Crippen molar-refractivity contribution in [2.75, 3.05) is 53.2 Å². The van der Waals surface area contributed by atoms with Gasteiger partial charge >= 0.3 is 0 Å². The van der Waals surface area contributed by atoms with Crippen LogP contribution in [-0.4, -0.2) is 167 Å². The third-order valence-electron chi connectivity index (χ3n) is 18.6. The normalized spacial score (nSPS) is 27.3. The second-order valence-electron chi connectivity index (χ2n) is 22.7. The number of allylic oxidation sites excluding steroid dienone is 4. The number of hydrogen-bond acceptors (Lipinski definition) is 20. The van der Waals surface area contributed by atoms with E-state index in [0.29, 0.717) is 63.3 Å². The molecule has 2 aliphatic carbocycles. The smallest absolute Gasteiger partial charge is 0.244 e. The number of fused-ring (bicyclic) bond motifs is 12. The number of amides is 1. The van der Waals surface area contributed by atoms with E-state index in [1.165, 1.54) is 33.3 Å². The number of nitriles is 2. The van der Waals surface area contributed by atoms with Gasteiger partial charge < -0.3 is 40.2 Å². The fourth-order valence-corrected chi connectivity index (χ4v) is 15.3. The minimum atomic E-state index is -0.744. The van der Waals surface area contributed by atoms with Crippen LogP contribution in [0.3, 0.4) is 0 Å². The number of carbonyl (C=O) groups is 5. The molecule has 4 bridgehead atoms. The maximum atomic E-state index is 14.0. The maximum Gasteiger partial charge on any atom is 0.244 e. The monoisotopic (exact) mass is 1180 g/mol. The number of hydrogen-bond donors (Lipinski definition) is 5. The molecule has 6 N–H and O–H groups in total. The predicted molar refractivity (Wildman–Crippen MR) is 325 cm³/mol. The van der Waals surface area contributed by atoms with Crippen molar-refractivity contribution in [1.82, 2.24) is 24.9 Å². The van der Waals surface area contributed by atoms with Crippen LogP contribution in [0.1, 0.15) is 101 Å². The Morgan fingerprint density at radius 1 is 0.718 bits per heavy atom. The lowest BCUT2D eigenvalue weighted by Gasteiger charge is -2.60. The molecule has 450 valence electrons. The quantitative estimate of drug-likeness (QED) is 0.0586. The Morgan fingerprint density at radius 3 is 1.66 bits per heavy atom. The van der Waals surface area contributed by atoms with Crippen molar-refractivity contribution in [1.29, 1.82) is 10.5 Å². The van der Waals surface area contributed by atoms with Crippen LogP contribution in [0.25, 0.3) is 0 Å². The second kappa shape index (κ2) is 24.8. The molecular weight excluding hydrogens is 1100 g/mol. The molecule has 0 spiro atoms. The molecule has 2 fully saturated rings. The van der Waals surface area contributed by atoms with Crippen LogP contribution in [0.5, 0.6) is 23.0 Å². The lowest BCUT2D eigenvalue weighted by molar-refractivity contribution is -0.124. The van der Waals surface area contributed by atoms with Gasteiger partial charge in [0.1, 0.15) is 18.1 Å². The molecule has 0 radical (unpaired) electrons. The van der Waals surface area contributed by atoms with E-state index < -0.39 is 42.3 Å². The predicted octanol–water partition coefficient (Wildman–Crippen LogP) is 6.59. The molecule has 11 rings (SSSR count). The van der Waals surface area contributed by atoms with Crippen molar-refractivity contribution in [3.05, 3.63) is 121 Å². The minimum absolute atomic E-state index is 0. The summed E-state index contributed by atoms with van der Waals surface area (Å²) in [7, 11) is 8.33. The number of nitrogens with one attached hydrogen (secondary N) is 2. The highest BCUT2D eigenvalue weighted by atomic mass is 32.2. The van der Waals surface area contributed by atoms with Crippen LogP contribution in [0.15, 0.2) is 92.2 Å². The molecular formula is C64H78N10O10S. The number of methoxy groups -OCH3 is 3. The maximum absolute atomic E-state index is 14.0. The van der Waals surface area contributed by atoms with Crippen LogP contribution in [0, 0.1) is 36.5 Å². The summed E-state index contributed by atoms with van der Waals surface area (Å²) in [6, 6.07) is 13.4. The average molecular weight is 1180 g/mol. The lowest BCUT2D eigenvalue weighted by atomic mass is 9.69. The molecule has 3 aromatic rings. The van der Waals surface area contributed by atoms with Gasteiger partial charge in [0.15, 0.2) is 46.1 Å². The third kappa shape index (κ3) is 10.1. The Kier molecular flexibility index (Phi) is 18.5. The van der Waals surface area contributed by atoms with Gasteiger partial charge in [0.2, 0.25) is 11.7 Å². The van der Waals surface area contributed by atoms with E-state index in [9.17, 15) is 44.7 Å². The summed E-state index contributed by atoms with van der Waals surface area (Å²) in [4.78, 5) is 80.7. The van der Waals surface area contributed by atoms with Gasteiger partial charge in [-0.3, -0.25) is 48.6 Å². The zero-order valence-electron chi connectivity index (χ0n) is 48.5. The summed E-state index contributed by atoms with van der Waals surface area (Å²) < 4.78 is 19.5. The number of ether oxygens (including phenoxy) is 3. The first-order chi connectivity index (χ1) is 39.7. The summed E-state index contributed by atoms with van der Waals surface area (Å²) in [6.07, 6.45) is 1.54. The molecule has 6 heterocycles. The van der Waals surface area contributed by atoms with Crippen LogP contribution in [0.2, 0.25) is 0 Å². The second-order valence-corrected chi connectivity index (χ2v) is 23.3.